The van der Waals surface area contributed by atoms with Crippen LogP contribution in [-0.2, 0) is 6.54 Å². The Labute approximate surface area is 189 Å². The first-order valence-corrected chi connectivity index (χ1v) is 10.7. The summed E-state index contributed by atoms with van der Waals surface area (Å²) in [6.45, 7) is 1.76. The minimum absolute atomic E-state index is 0.181. The van der Waals surface area contributed by atoms with Crippen LogP contribution in [0.15, 0.2) is 42.6 Å². The van der Waals surface area contributed by atoms with Gasteiger partial charge in [-0.05, 0) is 23.8 Å². The molecule has 6 nitrogen and oxygen atoms in total. The number of aromatic carboxylic acids is 1. The highest BCUT2D eigenvalue weighted by atomic mass is 35.5. The van der Waals surface area contributed by atoms with E-state index in [-0.39, 0.29) is 18.2 Å². The summed E-state index contributed by atoms with van der Waals surface area (Å²) < 4.78 is 31.7. The molecule has 2 N–H and O–H groups in total. The minimum atomic E-state index is -2.41. The van der Waals surface area contributed by atoms with Crippen LogP contribution in [0.4, 0.5) is 8.78 Å². The molecule has 170 valence electrons. The van der Waals surface area contributed by atoms with Crippen LogP contribution in [0, 0.1) is 0 Å². The number of hydrogen-bond donors (Lipinski definition) is 2. The molecule has 0 bridgehead atoms. The van der Waals surface area contributed by atoms with Gasteiger partial charge >= 0.3 is 5.97 Å². The van der Waals surface area contributed by atoms with Gasteiger partial charge in [-0.2, -0.15) is 0 Å². The first-order chi connectivity index (χ1) is 15.4. The van der Waals surface area contributed by atoms with Crippen LogP contribution in [0.3, 0.4) is 0 Å². The van der Waals surface area contributed by atoms with Crippen molar-refractivity contribution in [3.8, 4) is 5.75 Å². The second kappa shape index (κ2) is 9.44. The second-order valence-electron chi connectivity index (χ2n) is 7.87. The second-order valence-corrected chi connectivity index (χ2v) is 8.28. The van der Waals surface area contributed by atoms with Gasteiger partial charge in [-0.1, -0.05) is 23.7 Å². The molecule has 3 aromatic rings. The van der Waals surface area contributed by atoms with E-state index in [1.165, 1.54) is 0 Å². The molecule has 4 rings (SSSR count). The monoisotopic (exact) mass is 463 g/mol. The Balaban J connectivity index is 1.68. The van der Waals surface area contributed by atoms with Crippen LogP contribution in [0.25, 0.3) is 10.9 Å². The third-order valence-electron chi connectivity index (χ3n) is 5.96. The number of methoxy groups -OCH3 is 1. The molecule has 0 spiro atoms. The quantitative estimate of drug-likeness (QED) is 0.533. The Bertz CT molecular complexity index is 1100. The highest BCUT2D eigenvalue weighted by Gasteiger charge is 2.31. The SMILES string of the molecule is COc1cc(Cl)c2[nH]ccc2c1CN1CCN(CC(F)F)CC1c1ccc(C(=O)O)cc1. The van der Waals surface area contributed by atoms with Crippen molar-refractivity contribution >= 4 is 28.5 Å². The van der Waals surface area contributed by atoms with Crippen LogP contribution in [0.2, 0.25) is 5.02 Å². The van der Waals surface area contributed by atoms with Gasteiger partial charge in [0.15, 0.2) is 0 Å². The van der Waals surface area contributed by atoms with Gasteiger partial charge in [0.2, 0.25) is 0 Å². The van der Waals surface area contributed by atoms with E-state index in [0.29, 0.717) is 37.0 Å². The van der Waals surface area contributed by atoms with E-state index in [0.717, 1.165) is 22.0 Å². The van der Waals surface area contributed by atoms with Crippen LogP contribution >= 0.6 is 11.6 Å². The molecule has 1 aromatic heterocycles. The molecule has 2 aromatic carbocycles. The van der Waals surface area contributed by atoms with E-state index in [4.69, 9.17) is 16.3 Å². The van der Waals surface area contributed by atoms with E-state index in [1.54, 1.807) is 42.3 Å². The number of rotatable bonds is 7. The first-order valence-electron chi connectivity index (χ1n) is 10.3. The van der Waals surface area contributed by atoms with Gasteiger partial charge in [-0.3, -0.25) is 9.80 Å². The van der Waals surface area contributed by atoms with E-state index in [9.17, 15) is 18.7 Å². The number of carbonyl (C=O) groups is 1. The smallest absolute Gasteiger partial charge is 0.335 e. The molecular formula is C23H24ClF2N3O3. The fraction of sp³-hybridized carbons (Fsp3) is 0.348. The number of H-pyrrole nitrogens is 1. The molecule has 9 heteroatoms. The van der Waals surface area contributed by atoms with E-state index in [2.05, 4.69) is 9.88 Å². The lowest BCUT2D eigenvalue weighted by atomic mass is 9.99. The minimum Gasteiger partial charge on any atom is -0.496 e. The molecule has 1 aliphatic heterocycles. The number of halogens is 3. The van der Waals surface area contributed by atoms with Crippen molar-refractivity contribution in [2.45, 2.75) is 19.0 Å². The number of carboxylic acid groups (broad SMARTS) is 1. The first kappa shape index (κ1) is 22.5. The molecule has 0 amide bonds. The van der Waals surface area contributed by atoms with Gasteiger partial charge in [-0.15, -0.1) is 0 Å². The van der Waals surface area contributed by atoms with Crippen molar-refractivity contribution in [2.24, 2.45) is 0 Å². The van der Waals surface area contributed by atoms with Gasteiger partial charge in [0.25, 0.3) is 6.43 Å². The standard InChI is InChI=1S/C23H24ClF2N3O3/c1-32-20-10-18(24)22-16(6-7-27-22)17(20)11-29-9-8-28(13-21(25)26)12-19(29)14-2-4-15(5-3-14)23(30)31/h2-7,10,19,21,27H,8-9,11-13H2,1H3,(H,30,31). The maximum atomic E-state index is 13.1. The number of ether oxygens (including phenoxy) is 1. The van der Waals surface area contributed by atoms with Crippen molar-refractivity contribution in [3.05, 3.63) is 64.3 Å². The fourth-order valence-electron chi connectivity index (χ4n) is 4.37. The van der Waals surface area contributed by atoms with Crippen LogP contribution in [0.1, 0.15) is 27.5 Å². The van der Waals surface area contributed by atoms with E-state index in [1.807, 2.05) is 12.3 Å². The zero-order valence-corrected chi connectivity index (χ0v) is 18.3. The number of nitrogens with one attached hydrogen (secondary N) is 1. The molecule has 1 unspecified atom stereocenters. The highest BCUT2D eigenvalue weighted by molar-refractivity contribution is 6.35. The number of benzene rings is 2. The maximum Gasteiger partial charge on any atom is 0.335 e. The Kier molecular flexibility index (Phi) is 6.64. The number of hydrogen-bond acceptors (Lipinski definition) is 4. The summed E-state index contributed by atoms with van der Waals surface area (Å²) in [6, 6.07) is 10.2. The van der Waals surface area contributed by atoms with Crippen LogP contribution in [0.5, 0.6) is 5.75 Å². The number of aromatic amines is 1. The van der Waals surface area contributed by atoms with Crippen LogP contribution in [-0.4, -0.2) is 65.6 Å². The van der Waals surface area contributed by atoms with Gasteiger partial charge in [0.1, 0.15) is 5.75 Å². The number of carboxylic acids is 1. The molecule has 2 heterocycles. The number of aromatic nitrogens is 1. The molecule has 1 atom stereocenters. The molecule has 1 aliphatic rings. The van der Waals surface area contributed by atoms with Gasteiger partial charge < -0.3 is 14.8 Å². The predicted octanol–water partition coefficient (Wildman–Crippen LogP) is 4.65. The lowest BCUT2D eigenvalue weighted by molar-refractivity contribution is 0.0245. The van der Waals surface area contributed by atoms with Crippen LogP contribution < -0.4 is 4.74 Å². The Morgan fingerprint density at radius 1 is 1.28 bits per heavy atom. The molecule has 1 fully saturated rings. The van der Waals surface area contributed by atoms with E-state index < -0.39 is 12.4 Å². The third-order valence-corrected chi connectivity index (χ3v) is 6.26. The normalized spacial score (nSPS) is 17.8. The number of fused-ring (bicyclic) bond motifs is 1. The van der Waals surface area contributed by atoms with Gasteiger partial charge in [0.05, 0.1) is 29.8 Å². The van der Waals surface area contributed by atoms with Crippen molar-refractivity contribution in [1.82, 2.24) is 14.8 Å². The Hall–Kier alpha value is -2.68. The zero-order valence-electron chi connectivity index (χ0n) is 17.5. The Morgan fingerprint density at radius 2 is 2.03 bits per heavy atom. The lowest BCUT2D eigenvalue weighted by Gasteiger charge is -2.42. The summed E-state index contributed by atoms with van der Waals surface area (Å²) in [6.07, 6.45) is -0.588. The van der Waals surface area contributed by atoms with E-state index >= 15 is 0 Å². The fourth-order valence-corrected chi connectivity index (χ4v) is 4.62. The largest absolute Gasteiger partial charge is 0.496 e. The number of alkyl halides is 2. The summed E-state index contributed by atoms with van der Waals surface area (Å²) in [7, 11) is 1.59. The summed E-state index contributed by atoms with van der Waals surface area (Å²) in [5.41, 5.74) is 2.85. The summed E-state index contributed by atoms with van der Waals surface area (Å²) in [5.74, 6) is -0.339. The summed E-state index contributed by atoms with van der Waals surface area (Å²) in [4.78, 5) is 18.4. The summed E-state index contributed by atoms with van der Waals surface area (Å²) in [5, 5.41) is 10.7. The molecule has 1 saturated heterocycles. The number of piperazine rings is 1. The maximum absolute atomic E-state index is 13.1. The van der Waals surface area contributed by atoms with Crippen molar-refractivity contribution < 1.29 is 23.4 Å². The molecule has 32 heavy (non-hydrogen) atoms. The molecule has 0 saturated carbocycles. The molecule has 0 aliphatic carbocycles. The topological polar surface area (TPSA) is 68.8 Å². The average Bonchev–Trinajstić information content (AvgIpc) is 3.27. The lowest BCUT2D eigenvalue weighted by Crippen LogP contribution is -2.49. The average molecular weight is 464 g/mol. The highest BCUT2D eigenvalue weighted by Crippen LogP contribution is 2.37. The third kappa shape index (κ3) is 4.57. The number of nitrogens with zero attached hydrogens (tertiary/aromatic N) is 2. The van der Waals surface area contributed by atoms with Crippen molar-refractivity contribution in [3.63, 3.8) is 0 Å². The van der Waals surface area contributed by atoms with Crippen molar-refractivity contribution in [2.75, 3.05) is 33.3 Å². The predicted molar refractivity (Wildman–Crippen MR) is 119 cm³/mol. The zero-order chi connectivity index (χ0) is 22.8. The molecule has 0 radical (unpaired) electrons. The molecular weight excluding hydrogens is 440 g/mol. The summed E-state index contributed by atoms with van der Waals surface area (Å²) >= 11 is 6.38. The van der Waals surface area contributed by atoms with Gasteiger partial charge in [-0.25, -0.2) is 13.6 Å². The van der Waals surface area contributed by atoms with Crippen molar-refractivity contribution in [1.29, 1.82) is 0 Å². The Morgan fingerprint density at radius 3 is 2.69 bits per heavy atom. The van der Waals surface area contributed by atoms with Gasteiger partial charge in [0, 0.05) is 55.4 Å².